The molecular formula is C18H24N4O4. The van der Waals surface area contributed by atoms with Crippen LogP contribution in [-0.4, -0.2) is 30.1 Å². The summed E-state index contributed by atoms with van der Waals surface area (Å²) in [5.74, 6) is -0.571. The van der Waals surface area contributed by atoms with Gasteiger partial charge in [-0.1, -0.05) is 12.1 Å². The molecule has 26 heavy (non-hydrogen) atoms. The summed E-state index contributed by atoms with van der Waals surface area (Å²) in [6, 6.07) is 8.69. The summed E-state index contributed by atoms with van der Waals surface area (Å²) < 4.78 is 5.07. The first-order valence-corrected chi connectivity index (χ1v) is 8.19. The van der Waals surface area contributed by atoms with E-state index < -0.39 is 11.7 Å². The predicted molar refractivity (Wildman–Crippen MR) is 96.0 cm³/mol. The summed E-state index contributed by atoms with van der Waals surface area (Å²) in [4.78, 5) is 34.5. The van der Waals surface area contributed by atoms with Gasteiger partial charge in [-0.05, 0) is 38.5 Å². The van der Waals surface area contributed by atoms with Crippen molar-refractivity contribution in [2.45, 2.75) is 45.8 Å². The van der Waals surface area contributed by atoms with Gasteiger partial charge in [-0.2, -0.15) is 5.26 Å². The Balaban J connectivity index is 2.29. The Kier molecular flexibility index (Phi) is 8.09. The third-order valence-corrected chi connectivity index (χ3v) is 2.99. The van der Waals surface area contributed by atoms with Gasteiger partial charge in [0.1, 0.15) is 12.0 Å². The van der Waals surface area contributed by atoms with Crippen molar-refractivity contribution in [2.75, 3.05) is 11.9 Å². The first-order valence-electron chi connectivity index (χ1n) is 8.19. The number of anilines is 1. The molecule has 8 heteroatoms. The summed E-state index contributed by atoms with van der Waals surface area (Å²) in [6.45, 7) is 5.81. The molecule has 0 unspecified atom stereocenters. The maximum absolute atomic E-state index is 11.8. The Bertz CT molecular complexity index is 672. The summed E-state index contributed by atoms with van der Waals surface area (Å²) in [5.41, 5.74) is 0.866. The fraction of sp³-hybridized carbons (Fsp3) is 0.444. The average Bonchev–Trinajstić information content (AvgIpc) is 2.52. The van der Waals surface area contributed by atoms with Crippen molar-refractivity contribution in [2.24, 2.45) is 0 Å². The maximum Gasteiger partial charge on any atom is 0.407 e. The van der Waals surface area contributed by atoms with Crippen LogP contribution in [0.25, 0.3) is 0 Å². The molecule has 0 atom stereocenters. The zero-order chi connectivity index (χ0) is 19.6. The molecule has 0 aliphatic rings. The molecule has 1 aromatic carbocycles. The lowest BCUT2D eigenvalue weighted by atomic mass is 10.2. The SMILES string of the molecule is CC(C)(C)OC(=O)NCCC(=O)NCc1ccc(NC(=O)CC#N)cc1. The van der Waals surface area contributed by atoms with Gasteiger partial charge in [0.05, 0.1) is 6.07 Å². The molecule has 0 aliphatic heterocycles. The summed E-state index contributed by atoms with van der Waals surface area (Å²) >= 11 is 0. The van der Waals surface area contributed by atoms with E-state index in [2.05, 4.69) is 16.0 Å². The second-order valence-electron chi connectivity index (χ2n) is 6.54. The van der Waals surface area contributed by atoms with Crippen LogP contribution in [0, 0.1) is 11.3 Å². The van der Waals surface area contributed by atoms with Crippen LogP contribution in [0.1, 0.15) is 39.2 Å². The van der Waals surface area contributed by atoms with Crippen molar-refractivity contribution in [3.8, 4) is 6.07 Å². The first-order chi connectivity index (χ1) is 12.2. The molecule has 0 saturated carbocycles. The number of rotatable bonds is 7. The van der Waals surface area contributed by atoms with E-state index in [1.807, 2.05) is 0 Å². The Morgan fingerprint density at radius 1 is 1.08 bits per heavy atom. The molecule has 0 saturated heterocycles. The van der Waals surface area contributed by atoms with Crippen molar-refractivity contribution in [3.63, 3.8) is 0 Å². The number of nitrogens with one attached hydrogen (secondary N) is 3. The highest BCUT2D eigenvalue weighted by atomic mass is 16.6. The number of alkyl carbamates (subject to hydrolysis) is 1. The van der Waals surface area contributed by atoms with Gasteiger partial charge >= 0.3 is 6.09 Å². The van der Waals surface area contributed by atoms with E-state index in [4.69, 9.17) is 10.00 Å². The number of hydrogen-bond donors (Lipinski definition) is 3. The molecule has 8 nitrogen and oxygen atoms in total. The van der Waals surface area contributed by atoms with Gasteiger partial charge in [0.2, 0.25) is 11.8 Å². The lowest BCUT2D eigenvalue weighted by molar-refractivity contribution is -0.121. The molecule has 0 spiro atoms. The summed E-state index contributed by atoms with van der Waals surface area (Å²) in [5, 5.41) is 16.3. The number of carbonyl (C=O) groups excluding carboxylic acids is 3. The zero-order valence-electron chi connectivity index (χ0n) is 15.2. The van der Waals surface area contributed by atoms with Gasteiger partial charge in [-0.25, -0.2) is 4.79 Å². The van der Waals surface area contributed by atoms with Crippen molar-refractivity contribution in [3.05, 3.63) is 29.8 Å². The smallest absolute Gasteiger partial charge is 0.407 e. The average molecular weight is 360 g/mol. The lowest BCUT2D eigenvalue weighted by Crippen LogP contribution is -2.35. The third kappa shape index (κ3) is 9.27. The molecule has 0 radical (unpaired) electrons. The minimum Gasteiger partial charge on any atom is -0.444 e. The second kappa shape index (κ2) is 10.0. The van der Waals surface area contributed by atoms with Crippen molar-refractivity contribution >= 4 is 23.6 Å². The lowest BCUT2D eigenvalue weighted by Gasteiger charge is -2.19. The van der Waals surface area contributed by atoms with Crippen LogP contribution >= 0.6 is 0 Å². The number of amides is 3. The van der Waals surface area contributed by atoms with Gasteiger partial charge in [0.25, 0.3) is 0 Å². The fourth-order valence-electron chi connectivity index (χ4n) is 1.86. The molecule has 1 rings (SSSR count). The van der Waals surface area contributed by atoms with Crippen molar-refractivity contribution in [1.29, 1.82) is 5.26 Å². The van der Waals surface area contributed by atoms with Gasteiger partial charge in [0, 0.05) is 25.2 Å². The van der Waals surface area contributed by atoms with E-state index in [1.165, 1.54) is 0 Å². The molecule has 0 heterocycles. The number of hydrogen-bond acceptors (Lipinski definition) is 5. The van der Waals surface area contributed by atoms with E-state index in [9.17, 15) is 14.4 Å². The third-order valence-electron chi connectivity index (χ3n) is 2.99. The minimum absolute atomic E-state index is 0.140. The largest absolute Gasteiger partial charge is 0.444 e. The monoisotopic (exact) mass is 360 g/mol. The molecule has 0 bridgehead atoms. The van der Waals surface area contributed by atoms with Crippen molar-refractivity contribution in [1.82, 2.24) is 10.6 Å². The number of carbonyl (C=O) groups is 3. The molecular weight excluding hydrogens is 336 g/mol. The Hall–Kier alpha value is -3.08. The minimum atomic E-state index is -0.577. The molecule has 0 aromatic heterocycles. The highest BCUT2D eigenvalue weighted by Gasteiger charge is 2.15. The molecule has 140 valence electrons. The Labute approximate surface area is 152 Å². The van der Waals surface area contributed by atoms with Crippen LogP contribution in [0.15, 0.2) is 24.3 Å². The first kappa shape index (κ1) is 21.0. The highest BCUT2D eigenvalue weighted by Crippen LogP contribution is 2.10. The number of nitrogens with zero attached hydrogens (tertiary/aromatic N) is 1. The van der Waals surface area contributed by atoms with Gasteiger partial charge in [0.15, 0.2) is 0 Å². The normalized spacial score (nSPS) is 10.4. The molecule has 1 aromatic rings. The van der Waals surface area contributed by atoms with Gasteiger partial charge in [-0.15, -0.1) is 0 Å². The van der Waals surface area contributed by atoms with Crippen molar-refractivity contribution < 1.29 is 19.1 Å². The fourth-order valence-corrected chi connectivity index (χ4v) is 1.86. The van der Waals surface area contributed by atoms with E-state index in [0.29, 0.717) is 12.2 Å². The van der Waals surface area contributed by atoms with E-state index in [1.54, 1.807) is 51.1 Å². The molecule has 0 aliphatic carbocycles. The molecule has 3 amide bonds. The summed E-state index contributed by atoms with van der Waals surface area (Å²) in [7, 11) is 0. The maximum atomic E-state index is 11.8. The Morgan fingerprint density at radius 2 is 1.73 bits per heavy atom. The topological polar surface area (TPSA) is 120 Å². The zero-order valence-corrected chi connectivity index (χ0v) is 15.2. The number of ether oxygens (including phenoxy) is 1. The van der Waals surface area contributed by atoms with Gasteiger partial charge in [-0.3, -0.25) is 9.59 Å². The van der Waals surface area contributed by atoms with Gasteiger partial charge < -0.3 is 20.7 Å². The predicted octanol–water partition coefficient (Wildman–Crippen LogP) is 2.07. The quantitative estimate of drug-likeness (QED) is 0.687. The highest BCUT2D eigenvalue weighted by molar-refractivity contribution is 5.92. The van der Waals surface area contributed by atoms with Crippen LogP contribution in [-0.2, 0) is 20.9 Å². The summed E-state index contributed by atoms with van der Waals surface area (Å²) in [6.07, 6.45) is -0.615. The Morgan fingerprint density at radius 3 is 2.31 bits per heavy atom. The van der Waals surface area contributed by atoms with E-state index in [-0.39, 0.29) is 31.2 Å². The van der Waals surface area contributed by atoms with Crippen LogP contribution in [0.4, 0.5) is 10.5 Å². The number of benzene rings is 1. The van der Waals surface area contributed by atoms with Crippen LogP contribution in [0.2, 0.25) is 0 Å². The van der Waals surface area contributed by atoms with E-state index in [0.717, 1.165) is 5.56 Å². The number of nitriles is 1. The molecule has 0 fully saturated rings. The van der Waals surface area contributed by atoms with E-state index >= 15 is 0 Å². The second-order valence-corrected chi connectivity index (χ2v) is 6.54. The van der Waals surface area contributed by atoms with Crippen LogP contribution in [0.5, 0.6) is 0 Å². The molecule has 3 N–H and O–H groups in total. The van der Waals surface area contributed by atoms with Crippen LogP contribution in [0.3, 0.4) is 0 Å². The van der Waals surface area contributed by atoms with Crippen LogP contribution < -0.4 is 16.0 Å². The standard InChI is InChI=1S/C18H24N4O4/c1-18(2,3)26-17(25)20-11-9-15(23)21-12-13-4-6-14(7-5-13)22-16(24)8-10-19/h4-7H,8-9,11-12H2,1-3H3,(H,20,25)(H,21,23)(H,22,24).